The summed E-state index contributed by atoms with van der Waals surface area (Å²) < 4.78 is 9.74. The number of carbonyl (C=O) groups excluding carboxylic acids is 5. The summed E-state index contributed by atoms with van der Waals surface area (Å²) in [6.45, 7) is 6.46. The number of allylic oxidation sites excluding steroid dienone is 1. The maximum Gasteiger partial charge on any atom is 0.333 e. The van der Waals surface area contributed by atoms with E-state index in [1.807, 2.05) is 0 Å². The van der Waals surface area contributed by atoms with Crippen LogP contribution in [0.2, 0.25) is 0 Å². The van der Waals surface area contributed by atoms with Gasteiger partial charge in [0.1, 0.15) is 30.9 Å². The number of hydrogen-bond donors (Lipinski definition) is 1. The predicted molar refractivity (Wildman–Crippen MR) is 86.3 cm³/mol. The van der Waals surface area contributed by atoms with E-state index in [2.05, 4.69) is 6.58 Å². The molecule has 0 amide bonds. The summed E-state index contributed by atoms with van der Waals surface area (Å²) in [7, 11) is 0. The van der Waals surface area contributed by atoms with Gasteiger partial charge in [0.2, 0.25) is 0 Å². The maximum absolute atomic E-state index is 12.0. The van der Waals surface area contributed by atoms with Crippen LogP contribution in [0, 0.1) is 11.3 Å². The molecule has 0 aromatic heterocycles. The zero-order valence-electron chi connectivity index (χ0n) is 14.4. The molecule has 2 unspecified atom stereocenters. The van der Waals surface area contributed by atoms with Crippen LogP contribution in [-0.2, 0) is 33.4 Å². The van der Waals surface area contributed by atoms with Crippen molar-refractivity contribution in [2.24, 2.45) is 11.3 Å². The SMILES string of the molecule is C=C(C)C(=O)OCC(CO)OC(=O)C(C)=CC(C=O)(C=O)C(C)C=O. The van der Waals surface area contributed by atoms with Crippen LogP contribution in [0.15, 0.2) is 23.8 Å². The molecular formula is C17H22O8. The summed E-state index contributed by atoms with van der Waals surface area (Å²) in [6.07, 6.45) is 0.862. The third kappa shape index (κ3) is 6.42. The Hall–Kier alpha value is -2.61. The van der Waals surface area contributed by atoms with Gasteiger partial charge < -0.3 is 29.0 Å². The smallest absolute Gasteiger partial charge is 0.333 e. The molecule has 0 spiro atoms. The van der Waals surface area contributed by atoms with Crippen molar-refractivity contribution in [2.75, 3.05) is 13.2 Å². The van der Waals surface area contributed by atoms with Gasteiger partial charge in [-0.3, -0.25) is 0 Å². The minimum atomic E-state index is -1.79. The Bertz CT molecular complexity index is 567. The fraction of sp³-hybridized carbons (Fsp3) is 0.471. The molecule has 0 rings (SSSR count). The first-order valence-corrected chi connectivity index (χ1v) is 7.39. The average molecular weight is 354 g/mol. The van der Waals surface area contributed by atoms with Gasteiger partial charge in [0, 0.05) is 17.1 Å². The predicted octanol–water partition coefficient (Wildman–Crippen LogP) is 0.175. The van der Waals surface area contributed by atoms with Gasteiger partial charge in [-0.2, -0.15) is 0 Å². The van der Waals surface area contributed by atoms with E-state index in [0.717, 1.165) is 6.08 Å². The lowest BCUT2D eigenvalue weighted by Gasteiger charge is -2.22. The monoisotopic (exact) mass is 354 g/mol. The molecule has 0 saturated heterocycles. The minimum Gasteiger partial charge on any atom is -0.458 e. The minimum absolute atomic E-state index is 0.113. The summed E-state index contributed by atoms with van der Waals surface area (Å²) in [6, 6.07) is 0. The van der Waals surface area contributed by atoms with Gasteiger partial charge in [0.15, 0.2) is 6.10 Å². The molecule has 0 aliphatic heterocycles. The number of esters is 2. The highest BCUT2D eigenvalue weighted by molar-refractivity contribution is 5.95. The molecule has 0 heterocycles. The highest BCUT2D eigenvalue weighted by atomic mass is 16.6. The quantitative estimate of drug-likeness (QED) is 0.241. The summed E-state index contributed by atoms with van der Waals surface area (Å²) in [5.41, 5.74) is -1.76. The molecule has 8 nitrogen and oxygen atoms in total. The third-order valence-corrected chi connectivity index (χ3v) is 3.42. The fourth-order valence-electron chi connectivity index (χ4n) is 1.65. The average Bonchev–Trinajstić information content (AvgIpc) is 2.61. The molecule has 0 aromatic rings. The largest absolute Gasteiger partial charge is 0.458 e. The first-order chi connectivity index (χ1) is 11.7. The number of aliphatic hydroxyl groups excluding tert-OH is 1. The number of carbonyl (C=O) groups is 5. The summed E-state index contributed by atoms with van der Waals surface area (Å²) in [5.74, 6) is -2.62. The van der Waals surface area contributed by atoms with E-state index >= 15 is 0 Å². The lowest BCUT2D eigenvalue weighted by Crippen LogP contribution is -2.33. The molecule has 2 atom stereocenters. The number of rotatable bonds is 11. The van der Waals surface area contributed by atoms with Crippen molar-refractivity contribution in [1.29, 1.82) is 0 Å². The summed E-state index contributed by atoms with van der Waals surface area (Å²) in [4.78, 5) is 56.7. The fourth-order valence-corrected chi connectivity index (χ4v) is 1.65. The second-order valence-electron chi connectivity index (χ2n) is 5.58. The van der Waals surface area contributed by atoms with Crippen molar-refractivity contribution in [3.8, 4) is 0 Å². The second kappa shape index (κ2) is 10.3. The molecule has 0 saturated carbocycles. The first-order valence-electron chi connectivity index (χ1n) is 7.39. The van der Waals surface area contributed by atoms with E-state index < -0.39 is 42.6 Å². The van der Waals surface area contributed by atoms with Crippen LogP contribution in [0.3, 0.4) is 0 Å². The van der Waals surface area contributed by atoms with Crippen LogP contribution in [-0.4, -0.2) is 55.2 Å². The van der Waals surface area contributed by atoms with Crippen LogP contribution >= 0.6 is 0 Å². The number of hydrogen-bond acceptors (Lipinski definition) is 8. The highest BCUT2D eigenvalue weighted by Gasteiger charge is 2.35. The molecule has 1 N–H and O–H groups in total. The van der Waals surface area contributed by atoms with Gasteiger partial charge in [-0.1, -0.05) is 19.6 Å². The van der Waals surface area contributed by atoms with Gasteiger partial charge in [-0.25, -0.2) is 9.59 Å². The van der Waals surface area contributed by atoms with Crippen molar-refractivity contribution in [1.82, 2.24) is 0 Å². The van der Waals surface area contributed by atoms with E-state index in [9.17, 15) is 29.1 Å². The zero-order chi connectivity index (χ0) is 19.6. The normalized spacial score (nSPS) is 14.0. The van der Waals surface area contributed by atoms with Crippen LogP contribution in [0.1, 0.15) is 20.8 Å². The van der Waals surface area contributed by atoms with Crippen LogP contribution in [0.5, 0.6) is 0 Å². The Kier molecular flexibility index (Phi) is 9.22. The van der Waals surface area contributed by atoms with Gasteiger partial charge >= 0.3 is 11.9 Å². The van der Waals surface area contributed by atoms with Gasteiger partial charge in [0.05, 0.1) is 6.61 Å². The van der Waals surface area contributed by atoms with Gasteiger partial charge in [-0.05, 0) is 13.8 Å². The molecular weight excluding hydrogens is 332 g/mol. The number of aldehydes is 3. The molecule has 0 radical (unpaired) electrons. The molecule has 25 heavy (non-hydrogen) atoms. The number of ether oxygens (including phenoxy) is 2. The Morgan fingerprint density at radius 2 is 1.72 bits per heavy atom. The summed E-state index contributed by atoms with van der Waals surface area (Å²) in [5, 5.41) is 9.19. The van der Waals surface area contributed by atoms with Gasteiger partial charge in [0.25, 0.3) is 0 Å². The third-order valence-electron chi connectivity index (χ3n) is 3.42. The molecule has 0 aliphatic rings. The van der Waals surface area contributed by atoms with Crippen LogP contribution in [0.4, 0.5) is 0 Å². The van der Waals surface area contributed by atoms with Crippen LogP contribution < -0.4 is 0 Å². The second-order valence-corrected chi connectivity index (χ2v) is 5.58. The van der Waals surface area contributed by atoms with Crippen molar-refractivity contribution in [3.05, 3.63) is 23.8 Å². The van der Waals surface area contributed by atoms with Crippen molar-refractivity contribution >= 4 is 30.8 Å². The van der Waals surface area contributed by atoms with Crippen molar-refractivity contribution in [2.45, 2.75) is 26.9 Å². The Labute approximate surface area is 145 Å². The highest BCUT2D eigenvalue weighted by Crippen LogP contribution is 2.25. The van der Waals surface area contributed by atoms with E-state index in [0.29, 0.717) is 6.29 Å². The van der Waals surface area contributed by atoms with Crippen molar-refractivity contribution in [3.63, 3.8) is 0 Å². The standard InChI is InChI=1S/C17H22O8/c1-11(2)15(22)24-8-14(7-19)25-16(23)12(3)5-17(9-20,10-21)13(4)6-18/h5-6,9-10,13-14,19H,1,7-8H2,2-4H3. The molecule has 0 fully saturated rings. The van der Waals surface area contributed by atoms with Crippen molar-refractivity contribution < 1.29 is 38.6 Å². The first kappa shape index (κ1) is 22.4. The molecule has 0 aliphatic carbocycles. The Balaban J connectivity index is 5.14. The lowest BCUT2D eigenvalue weighted by atomic mass is 9.78. The van der Waals surface area contributed by atoms with E-state index in [1.54, 1.807) is 0 Å². The molecule has 0 aromatic carbocycles. The lowest BCUT2D eigenvalue weighted by molar-refractivity contribution is -0.156. The number of aliphatic hydroxyl groups is 1. The van der Waals surface area contributed by atoms with Gasteiger partial charge in [-0.15, -0.1) is 0 Å². The van der Waals surface area contributed by atoms with Crippen LogP contribution in [0.25, 0.3) is 0 Å². The zero-order valence-corrected chi connectivity index (χ0v) is 14.4. The Morgan fingerprint density at radius 1 is 1.16 bits per heavy atom. The maximum atomic E-state index is 12.0. The topological polar surface area (TPSA) is 124 Å². The van der Waals surface area contributed by atoms with E-state index in [-0.39, 0.29) is 23.7 Å². The molecule has 138 valence electrons. The molecule has 8 heteroatoms. The summed E-state index contributed by atoms with van der Waals surface area (Å²) >= 11 is 0. The van der Waals surface area contributed by atoms with E-state index in [4.69, 9.17) is 9.47 Å². The van der Waals surface area contributed by atoms with E-state index in [1.165, 1.54) is 20.8 Å². The Morgan fingerprint density at radius 3 is 2.12 bits per heavy atom. The molecule has 0 bridgehead atoms.